The number of halogens is 1. The van der Waals surface area contributed by atoms with E-state index >= 15 is 0 Å². The third-order valence-electron chi connectivity index (χ3n) is 4.49. The van der Waals surface area contributed by atoms with Crippen molar-refractivity contribution in [2.45, 2.75) is 19.4 Å². The Labute approximate surface area is 136 Å². The molecule has 4 heteroatoms. The minimum atomic E-state index is -0.467. The molecule has 1 atom stereocenters. The van der Waals surface area contributed by atoms with Gasteiger partial charge in [-0.2, -0.15) is 0 Å². The summed E-state index contributed by atoms with van der Waals surface area (Å²) < 4.78 is 14.4. The molecular weight excluding hydrogens is 291 g/mol. The van der Waals surface area contributed by atoms with Crippen molar-refractivity contribution >= 4 is 5.91 Å². The van der Waals surface area contributed by atoms with Crippen LogP contribution >= 0.6 is 0 Å². The highest BCUT2D eigenvalue weighted by atomic mass is 19.1. The zero-order valence-electron chi connectivity index (χ0n) is 13.5. The van der Waals surface area contributed by atoms with Crippen LogP contribution in [-0.2, 0) is 0 Å². The van der Waals surface area contributed by atoms with Gasteiger partial charge in [-0.05, 0) is 43.1 Å². The molecule has 0 saturated carbocycles. The molecular formula is C19H21FN2O. The Morgan fingerprint density at radius 3 is 2.48 bits per heavy atom. The Morgan fingerprint density at radius 2 is 1.87 bits per heavy atom. The number of hydrogen-bond acceptors (Lipinski definition) is 2. The molecule has 0 radical (unpaired) electrons. The van der Waals surface area contributed by atoms with Crippen LogP contribution in [0.15, 0.2) is 42.5 Å². The smallest absolute Gasteiger partial charge is 0.256 e. The summed E-state index contributed by atoms with van der Waals surface area (Å²) in [6.45, 7) is 3.68. The maximum Gasteiger partial charge on any atom is 0.256 e. The predicted octanol–water partition coefficient (Wildman–Crippen LogP) is 3.24. The van der Waals surface area contributed by atoms with Gasteiger partial charge in [0, 0.05) is 19.6 Å². The number of likely N-dealkylation sites (N-methyl/N-ethyl adjacent to an activating group) is 1. The van der Waals surface area contributed by atoms with Crippen molar-refractivity contribution in [1.29, 1.82) is 0 Å². The summed E-state index contributed by atoms with van der Waals surface area (Å²) in [6.07, 6.45) is 0.908. The molecule has 2 aromatic carbocycles. The third kappa shape index (κ3) is 3.27. The minimum Gasteiger partial charge on any atom is -0.337 e. The summed E-state index contributed by atoms with van der Waals surface area (Å²) in [4.78, 5) is 14.1. The van der Waals surface area contributed by atoms with E-state index in [1.54, 1.807) is 18.0 Å². The molecule has 1 N–H and O–H groups in total. The largest absolute Gasteiger partial charge is 0.337 e. The Morgan fingerprint density at radius 1 is 1.17 bits per heavy atom. The van der Waals surface area contributed by atoms with E-state index in [4.69, 9.17) is 0 Å². The van der Waals surface area contributed by atoms with Crippen molar-refractivity contribution in [2.24, 2.45) is 0 Å². The van der Waals surface area contributed by atoms with Crippen LogP contribution in [-0.4, -0.2) is 37.0 Å². The van der Waals surface area contributed by atoms with E-state index in [9.17, 15) is 9.18 Å². The first-order valence-electron chi connectivity index (χ1n) is 7.91. The van der Waals surface area contributed by atoms with Gasteiger partial charge in [0.05, 0.1) is 5.56 Å². The van der Waals surface area contributed by atoms with E-state index in [1.807, 2.05) is 37.3 Å². The van der Waals surface area contributed by atoms with Crippen molar-refractivity contribution in [1.82, 2.24) is 10.2 Å². The van der Waals surface area contributed by atoms with Gasteiger partial charge in [0.25, 0.3) is 5.91 Å². The Kier molecular flexibility index (Phi) is 4.44. The van der Waals surface area contributed by atoms with Crippen LogP contribution in [0.3, 0.4) is 0 Å². The number of benzene rings is 2. The SMILES string of the molecule is Cc1ccc(-c2ccc(C(=O)N(C)C3CCNC3)c(F)c2)cc1. The molecule has 1 aliphatic heterocycles. The zero-order valence-corrected chi connectivity index (χ0v) is 13.5. The zero-order chi connectivity index (χ0) is 16.4. The maximum atomic E-state index is 14.4. The fourth-order valence-electron chi connectivity index (χ4n) is 2.94. The lowest BCUT2D eigenvalue weighted by Gasteiger charge is -2.24. The Bertz CT molecular complexity index is 706. The number of rotatable bonds is 3. The van der Waals surface area contributed by atoms with Crippen molar-refractivity contribution in [3.63, 3.8) is 0 Å². The van der Waals surface area contributed by atoms with Gasteiger partial charge < -0.3 is 10.2 Å². The molecule has 0 aromatic heterocycles. The molecule has 3 nitrogen and oxygen atoms in total. The van der Waals surface area contributed by atoms with Crippen LogP contribution in [0.25, 0.3) is 11.1 Å². The highest BCUT2D eigenvalue weighted by molar-refractivity contribution is 5.95. The van der Waals surface area contributed by atoms with Gasteiger partial charge in [-0.1, -0.05) is 35.9 Å². The van der Waals surface area contributed by atoms with Gasteiger partial charge in [0.2, 0.25) is 0 Å². The maximum absolute atomic E-state index is 14.4. The van der Waals surface area contributed by atoms with Gasteiger partial charge in [0.1, 0.15) is 5.82 Å². The van der Waals surface area contributed by atoms with E-state index in [2.05, 4.69) is 5.32 Å². The van der Waals surface area contributed by atoms with Crippen molar-refractivity contribution in [2.75, 3.05) is 20.1 Å². The summed E-state index contributed by atoms with van der Waals surface area (Å²) in [7, 11) is 1.74. The summed E-state index contributed by atoms with van der Waals surface area (Å²) in [6, 6.07) is 12.9. The fourth-order valence-corrected chi connectivity index (χ4v) is 2.94. The molecule has 1 heterocycles. The number of nitrogens with zero attached hydrogens (tertiary/aromatic N) is 1. The number of carbonyl (C=O) groups is 1. The standard InChI is InChI=1S/C19H21FN2O/c1-13-3-5-14(6-4-13)15-7-8-17(18(20)11-15)19(23)22(2)16-9-10-21-12-16/h3-8,11,16,21H,9-10,12H2,1-2H3. The monoisotopic (exact) mass is 312 g/mol. The van der Waals surface area contributed by atoms with Crippen LogP contribution in [0.4, 0.5) is 4.39 Å². The first-order chi connectivity index (χ1) is 11.1. The summed E-state index contributed by atoms with van der Waals surface area (Å²) in [5.74, 6) is -0.725. The first-order valence-corrected chi connectivity index (χ1v) is 7.91. The summed E-state index contributed by atoms with van der Waals surface area (Å²) in [5.41, 5.74) is 3.02. The van der Waals surface area contributed by atoms with Gasteiger partial charge >= 0.3 is 0 Å². The fraction of sp³-hybridized carbons (Fsp3) is 0.316. The highest BCUT2D eigenvalue weighted by Gasteiger charge is 2.25. The van der Waals surface area contributed by atoms with E-state index in [0.717, 1.165) is 36.2 Å². The van der Waals surface area contributed by atoms with Crippen LogP contribution in [0.1, 0.15) is 22.3 Å². The molecule has 0 aliphatic carbocycles. The predicted molar refractivity (Wildman–Crippen MR) is 89.9 cm³/mol. The average Bonchev–Trinajstić information content (AvgIpc) is 3.08. The normalized spacial score (nSPS) is 17.3. The van der Waals surface area contributed by atoms with E-state index in [1.165, 1.54) is 6.07 Å². The van der Waals surface area contributed by atoms with Crippen molar-refractivity contribution in [3.8, 4) is 11.1 Å². The lowest BCUT2D eigenvalue weighted by atomic mass is 10.0. The van der Waals surface area contributed by atoms with Crippen LogP contribution < -0.4 is 5.32 Å². The highest BCUT2D eigenvalue weighted by Crippen LogP contribution is 2.23. The van der Waals surface area contributed by atoms with Crippen LogP contribution in [0.5, 0.6) is 0 Å². The van der Waals surface area contributed by atoms with Gasteiger partial charge in [-0.15, -0.1) is 0 Å². The van der Waals surface area contributed by atoms with Gasteiger partial charge in [-0.3, -0.25) is 4.79 Å². The Balaban J connectivity index is 1.84. The average molecular weight is 312 g/mol. The van der Waals surface area contributed by atoms with Gasteiger partial charge in [-0.25, -0.2) is 4.39 Å². The molecule has 0 spiro atoms. The number of carbonyl (C=O) groups excluding carboxylic acids is 1. The first kappa shape index (κ1) is 15.7. The van der Waals surface area contributed by atoms with Crippen LogP contribution in [0, 0.1) is 12.7 Å². The molecule has 1 amide bonds. The minimum absolute atomic E-state index is 0.135. The molecule has 23 heavy (non-hydrogen) atoms. The van der Waals surface area contributed by atoms with Crippen molar-refractivity contribution < 1.29 is 9.18 Å². The number of nitrogens with one attached hydrogen (secondary N) is 1. The van der Waals surface area contributed by atoms with E-state index < -0.39 is 5.82 Å². The molecule has 1 unspecified atom stereocenters. The summed E-state index contributed by atoms with van der Waals surface area (Å²) >= 11 is 0. The van der Waals surface area contributed by atoms with Crippen LogP contribution in [0.2, 0.25) is 0 Å². The number of amides is 1. The third-order valence-corrected chi connectivity index (χ3v) is 4.49. The molecule has 1 fully saturated rings. The quantitative estimate of drug-likeness (QED) is 0.943. The Hall–Kier alpha value is -2.20. The summed E-state index contributed by atoms with van der Waals surface area (Å²) in [5, 5.41) is 3.22. The molecule has 0 bridgehead atoms. The van der Waals surface area contributed by atoms with E-state index in [-0.39, 0.29) is 17.5 Å². The van der Waals surface area contributed by atoms with Gasteiger partial charge in [0.15, 0.2) is 0 Å². The lowest BCUT2D eigenvalue weighted by molar-refractivity contribution is 0.0739. The number of hydrogen-bond donors (Lipinski definition) is 1. The second kappa shape index (κ2) is 6.50. The van der Waals surface area contributed by atoms with Crippen molar-refractivity contribution in [3.05, 3.63) is 59.4 Å². The molecule has 120 valence electrons. The molecule has 2 aromatic rings. The molecule has 3 rings (SSSR count). The molecule has 1 saturated heterocycles. The second-order valence-electron chi connectivity index (χ2n) is 6.12. The topological polar surface area (TPSA) is 32.3 Å². The molecule has 1 aliphatic rings. The lowest BCUT2D eigenvalue weighted by Crippen LogP contribution is -2.38. The second-order valence-corrected chi connectivity index (χ2v) is 6.12. The van der Waals surface area contributed by atoms with E-state index in [0.29, 0.717) is 0 Å². The number of aryl methyl sites for hydroxylation is 1.